The van der Waals surface area contributed by atoms with Crippen LogP contribution in [0, 0.1) is 18.2 Å². The third-order valence-corrected chi connectivity index (χ3v) is 7.66. The molecule has 2 N–H and O–H groups in total. The van der Waals surface area contributed by atoms with Gasteiger partial charge in [-0.1, -0.05) is 19.9 Å². The number of fused-ring (bicyclic) bond motifs is 1. The van der Waals surface area contributed by atoms with E-state index in [4.69, 9.17) is 0 Å². The van der Waals surface area contributed by atoms with Gasteiger partial charge in [-0.2, -0.15) is 0 Å². The molecule has 2 aromatic rings. The molecule has 0 aromatic heterocycles. The second kappa shape index (κ2) is 6.83. The van der Waals surface area contributed by atoms with E-state index in [0.29, 0.717) is 24.8 Å². The number of nitrogens with one attached hydrogen (secondary N) is 2. The third kappa shape index (κ3) is 3.88. The van der Waals surface area contributed by atoms with Gasteiger partial charge < -0.3 is 5.32 Å². The first-order chi connectivity index (χ1) is 13.6. The van der Waals surface area contributed by atoms with Crippen LogP contribution in [-0.4, -0.2) is 19.6 Å². The zero-order valence-corrected chi connectivity index (χ0v) is 17.6. The maximum Gasteiger partial charge on any atom is 0.264 e. The van der Waals surface area contributed by atoms with Crippen molar-refractivity contribution in [1.82, 2.24) is 4.72 Å². The van der Waals surface area contributed by atoms with Gasteiger partial charge in [0.25, 0.3) is 5.91 Å². The highest BCUT2D eigenvalue weighted by Gasteiger charge is 2.38. The van der Waals surface area contributed by atoms with Crippen LogP contribution in [0.15, 0.2) is 36.4 Å². The summed E-state index contributed by atoms with van der Waals surface area (Å²) >= 11 is 0. The van der Waals surface area contributed by atoms with Gasteiger partial charge in [-0.3, -0.25) is 4.79 Å². The molecule has 4 rings (SSSR count). The van der Waals surface area contributed by atoms with E-state index >= 15 is 0 Å². The normalized spacial score (nSPS) is 20.5. The van der Waals surface area contributed by atoms with Crippen LogP contribution >= 0.6 is 0 Å². The predicted octanol–water partition coefficient (Wildman–Crippen LogP) is 4.09. The lowest BCUT2D eigenvalue weighted by atomic mass is 9.72. The second-order valence-electron chi connectivity index (χ2n) is 8.79. The fourth-order valence-electron chi connectivity index (χ4n) is 4.04. The number of carbonyl (C=O) groups excluding carboxylic acids is 1. The van der Waals surface area contributed by atoms with Crippen molar-refractivity contribution < 1.29 is 17.6 Å². The molecule has 1 amide bonds. The Balaban J connectivity index is 1.62. The maximum absolute atomic E-state index is 13.9. The molecular formula is C22H25FN2O3S. The summed E-state index contributed by atoms with van der Waals surface area (Å²) in [5, 5.41) is 3.05. The van der Waals surface area contributed by atoms with Crippen molar-refractivity contribution in [3.63, 3.8) is 0 Å². The molecule has 5 nitrogen and oxygen atoms in total. The highest BCUT2D eigenvalue weighted by molar-refractivity contribution is 7.91. The first-order valence-electron chi connectivity index (χ1n) is 9.78. The van der Waals surface area contributed by atoms with Crippen molar-refractivity contribution in [2.24, 2.45) is 5.41 Å². The average Bonchev–Trinajstić information content (AvgIpc) is 3.47. The van der Waals surface area contributed by atoms with Gasteiger partial charge in [-0.05, 0) is 78.6 Å². The summed E-state index contributed by atoms with van der Waals surface area (Å²) < 4.78 is 40.2. The zero-order valence-electron chi connectivity index (χ0n) is 16.8. The molecule has 0 spiro atoms. The molecular weight excluding hydrogens is 391 g/mol. The van der Waals surface area contributed by atoms with E-state index in [9.17, 15) is 17.6 Å². The van der Waals surface area contributed by atoms with E-state index in [2.05, 4.69) is 23.9 Å². The summed E-state index contributed by atoms with van der Waals surface area (Å²) in [5.74, 6) is -0.863. The quantitative estimate of drug-likeness (QED) is 0.787. The number of rotatable bonds is 4. The predicted molar refractivity (Wildman–Crippen MR) is 111 cm³/mol. The van der Waals surface area contributed by atoms with Crippen LogP contribution in [-0.2, 0) is 16.4 Å². The molecule has 1 atom stereocenters. The molecule has 1 saturated carbocycles. The minimum atomic E-state index is -3.58. The fourth-order valence-corrected chi connectivity index (χ4v) is 5.34. The van der Waals surface area contributed by atoms with Gasteiger partial charge in [0.05, 0.1) is 11.3 Å². The maximum atomic E-state index is 13.9. The summed E-state index contributed by atoms with van der Waals surface area (Å²) in [4.78, 5) is 12.5. The van der Waals surface area contributed by atoms with Crippen molar-refractivity contribution in [2.75, 3.05) is 5.32 Å². The Morgan fingerprint density at radius 2 is 1.90 bits per heavy atom. The van der Waals surface area contributed by atoms with Gasteiger partial charge in [0, 0.05) is 11.3 Å². The average molecular weight is 417 g/mol. The Hall–Kier alpha value is -2.41. The molecule has 1 aliphatic heterocycles. The number of hydrogen-bond donors (Lipinski definition) is 2. The standard InChI is InChI=1S/C22H25FN2O3S/c1-13-4-6-16(23)11-18(13)20-22(2,3)12-15-10-14(5-9-19(15)24-20)21(26)25-29(27,28)17-7-8-17/h4-6,9-11,17,20,24H,7-8,12H2,1-3H3,(H,25,26). The van der Waals surface area contributed by atoms with E-state index in [1.165, 1.54) is 6.07 Å². The van der Waals surface area contributed by atoms with E-state index in [1.54, 1.807) is 30.3 Å². The van der Waals surface area contributed by atoms with Gasteiger partial charge in [0.1, 0.15) is 5.82 Å². The monoisotopic (exact) mass is 416 g/mol. The number of carbonyl (C=O) groups is 1. The number of halogens is 1. The lowest BCUT2D eigenvalue weighted by Gasteiger charge is -2.42. The van der Waals surface area contributed by atoms with Gasteiger partial charge >= 0.3 is 0 Å². The lowest BCUT2D eigenvalue weighted by molar-refractivity contribution is 0.0981. The Morgan fingerprint density at radius 1 is 1.17 bits per heavy atom. The minimum absolute atomic E-state index is 0.0828. The molecule has 0 bridgehead atoms. The van der Waals surface area contributed by atoms with Crippen molar-refractivity contribution >= 4 is 21.6 Å². The molecule has 1 unspecified atom stereocenters. The Bertz CT molecular complexity index is 1090. The van der Waals surface area contributed by atoms with Gasteiger partial charge in [0.2, 0.25) is 10.0 Å². The Kier molecular flexibility index (Phi) is 4.69. The second-order valence-corrected chi connectivity index (χ2v) is 10.8. The summed E-state index contributed by atoms with van der Waals surface area (Å²) in [5.41, 5.74) is 3.84. The Morgan fingerprint density at radius 3 is 2.59 bits per heavy atom. The van der Waals surface area contributed by atoms with Crippen molar-refractivity contribution in [1.29, 1.82) is 0 Å². The smallest absolute Gasteiger partial charge is 0.264 e. The van der Waals surface area contributed by atoms with Gasteiger partial charge in [-0.15, -0.1) is 0 Å². The van der Waals surface area contributed by atoms with Crippen LogP contribution in [0.25, 0.3) is 0 Å². The largest absolute Gasteiger partial charge is 0.377 e. The summed E-state index contributed by atoms with van der Waals surface area (Å²) in [6, 6.07) is 9.90. The number of sulfonamides is 1. The fraction of sp³-hybridized carbons (Fsp3) is 0.409. The van der Waals surface area contributed by atoms with Crippen molar-refractivity contribution in [3.8, 4) is 0 Å². The minimum Gasteiger partial charge on any atom is -0.377 e. The molecule has 2 aliphatic rings. The topological polar surface area (TPSA) is 75.3 Å². The zero-order chi connectivity index (χ0) is 21.0. The van der Waals surface area contributed by atoms with Gasteiger partial charge in [-0.25, -0.2) is 17.5 Å². The molecule has 154 valence electrons. The number of aryl methyl sites for hydroxylation is 1. The number of anilines is 1. The van der Waals surface area contributed by atoms with Crippen LogP contribution in [0.4, 0.5) is 10.1 Å². The third-order valence-electron chi connectivity index (χ3n) is 5.85. The van der Waals surface area contributed by atoms with E-state index in [0.717, 1.165) is 22.4 Å². The van der Waals surface area contributed by atoms with Crippen molar-refractivity contribution in [2.45, 2.75) is 51.3 Å². The van der Waals surface area contributed by atoms with Crippen LogP contribution in [0.5, 0.6) is 0 Å². The highest BCUT2D eigenvalue weighted by atomic mass is 32.2. The van der Waals surface area contributed by atoms with Gasteiger partial charge in [0.15, 0.2) is 0 Å². The molecule has 2 aromatic carbocycles. The summed E-state index contributed by atoms with van der Waals surface area (Å²) in [7, 11) is -3.58. The van der Waals surface area contributed by atoms with Crippen molar-refractivity contribution in [3.05, 3.63) is 64.5 Å². The van der Waals surface area contributed by atoms with Crippen LogP contribution in [0.1, 0.15) is 59.8 Å². The molecule has 7 heteroatoms. The number of benzene rings is 2. The van der Waals surface area contributed by atoms with E-state index < -0.39 is 21.2 Å². The molecule has 0 saturated heterocycles. The first-order valence-corrected chi connectivity index (χ1v) is 11.3. The molecule has 29 heavy (non-hydrogen) atoms. The highest BCUT2D eigenvalue weighted by Crippen LogP contribution is 2.45. The summed E-state index contributed by atoms with van der Waals surface area (Å²) in [6.45, 7) is 6.17. The number of hydrogen-bond acceptors (Lipinski definition) is 4. The first kappa shape index (κ1) is 19.9. The lowest BCUT2D eigenvalue weighted by Crippen LogP contribution is -2.36. The molecule has 0 radical (unpaired) electrons. The molecule has 1 heterocycles. The van der Waals surface area contributed by atoms with E-state index in [-0.39, 0.29) is 17.3 Å². The van der Waals surface area contributed by atoms with Crippen LogP contribution in [0.3, 0.4) is 0 Å². The van der Waals surface area contributed by atoms with Crippen LogP contribution in [0.2, 0.25) is 0 Å². The van der Waals surface area contributed by atoms with Crippen LogP contribution < -0.4 is 10.0 Å². The molecule has 1 fully saturated rings. The summed E-state index contributed by atoms with van der Waals surface area (Å²) in [6.07, 6.45) is 1.88. The Labute approximate surface area is 170 Å². The SMILES string of the molecule is Cc1ccc(F)cc1C1Nc2ccc(C(=O)NS(=O)(=O)C3CC3)cc2CC1(C)C. The number of amides is 1. The van der Waals surface area contributed by atoms with E-state index in [1.807, 2.05) is 6.92 Å². The molecule has 1 aliphatic carbocycles.